The van der Waals surface area contributed by atoms with E-state index in [9.17, 15) is 9.90 Å². The molecule has 0 unspecified atom stereocenters. The van der Waals surface area contributed by atoms with Crippen LogP contribution in [0.2, 0.25) is 0 Å². The molecule has 1 fully saturated rings. The third kappa shape index (κ3) is 4.45. The first-order valence-electron chi connectivity index (χ1n) is 11.0. The minimum atomic E-state index is -0.224. The Morgan fingerprint density at radius 2 is 1.94 bits per heavy atom. The Labute approximate surface area is 203 Å². The zero-order chi connectivity index (χ0) is 22.1. The number of aliphatic hydroxyl groups is 1. The summed E-state index contributed by atoms with van der Waals surface area (Å²) in [6, 6.07) is 11.8. The van der Waals surface area contributed by atoms with E-state index in [0.717, 1.165) is 48.3 Å². The Hall–Kier alpha value is -2.61. The monoisotopic (exact) mass is 487 g/mol. The van der Waals surface area contributed by atoms with Crippen LogP contribution in [-0.2, 0) is 13.0 Å². The van der Waals surface area contributed by atoms with E-state index >= 15 is 0 Å². The molecule has 174 valence electrons. The van der Waals surface area contributed by atoms with Gasteiger partial charge in [0.15, 0.2) is 0 Å². The van der Waals surface area contributed by atoms with Crippen LogP contribution in [0, 0.1) is 5.41 Å². The zero-order valence-corrected chi connectivity index (χ0v) is 19.8. The molecule has 1 aromatic carbocycles. The predicted molar refractivity (Wildman–Crippen MR) is 134 cm³/mol. The molecular formula is C24H27Cl2N5O2. The smallest absolute Gasteiger partial charge is 0.276 e. The third-order valence-corrected chi connectivity index (χ3v) is 7.20. The average Bonchev–Trinajstić information content (AvgIpc) is 3.26. The van der Waals surface area contributed by atoms with Gasteiger partial charge in [-0.1, -0.05) is 18.2 Å². The molecule has 0 saturated carbocycles. The van der Waals surface area contributed by atoms with Gasteiger partial charge in [0.2, 0.25) is 0 Å². The number of anilines is 1. The molecule has 0 bridgehead atoms. The summed E-state index contributed by atoms with van der Waals surface area (Å²) in [5, 5.41) is 15.7. The molecule has 1 N–H and O–H groups in total. The second kappa shape index (κ2) is 9.71. The number of imidazole rings is 1. The van der Waals surface area contributed by atoms with Gasteiger partial charge in [0, 0.05) is 55.2 Å². The number of benzene rings is 1. The molecule has 7 nitrogen and oxygen atoms in total. The molecule has 33 heavy (non-hydrogen) atoms. The summed E-state index contributed by atoms with van der Waals surface area (Å²) in [7, 11) is 0. The molecule has 0 atom stereocenters. The predicted octanol–water partition coefficient (Wildman–Crippen LogP) is 3.53. The van der Waals surface area contributed by atoms with Crippen LogP contribution >= 0.6 is 24.0 Å². The summed E-state index contributed by atoms with van der Waals surface area (Å²) in [6.07, 6.45) is 7.95. The lowest BCUT2D eigenvalue weighted by Crippen LogP contribution is -2.43. The van der Waals surface area contributed by atoms with Crippen molar-refractivity contribution in [1.82, 2.24) is 19.2 Å². The number of pyridine rings is 1. The van der Waals surface area contributed by atoms with Crippen molar-refractivity contribution in [2.75, 3.05) is 30.5 Å². The van der Waals surface area contributed by atoms with Gasteiger partial charge in [-0.15, -0.1) is 24.0 Å². The number of aryl methyl sites for hydroxylation is 2. The van der Waals surface area contributed by atoms with Crippen LogP contribution in [0.25, 0.3) is 16.4 Å². The number of nitrogens with zero attached hydrogens (tertiary/aromatic N) is 5. The molecule has 4 aromatic rings. The van der Waals surface area contributed by atoms with Crippen molar-refractivity contribution in [2.45, 2.75) is 25.8 Å². The van der Waals surface area contributed by atoms with Gasteiger partial charge in [-0.2, -0.15) is 5.10 Å². The van der Waals surface area contributed by atoms with Gasteiger partial charge in [-0.3, -0.25) is 4.79 Å². The summed E-state index contributed by atoms with van der Waals surface area (Å²) in [6.45, 7) is 2.08. The van der Waals surface area contributed by atoms with E-state index in [4.69, 9.17) is 11.6 Å². The quantitative estimate of drug-likeness (QED) is 0.421. The van der Waals surface area contributed by atoms with Crippen molar-refractivity contribution in [3.8, 4) is 0 Å². The van der Waals surface area contributed by atoms with Gasteiger partial charge in [-0.25, -0.2) is 9.67 Å². The third-order valence-electron chi connectivity index (χ3n) is 6.64. The highest BCUT2D eigenvalue weighted by Gasteiger charge is 2.34. The summed E-state index contributed by atoms with van der Waals surface area (Å²) < 4.78 is 3.52. The first-order chi connectivity index (χ1) is 15.6. The fraction of sp³-hybridized carbons (Fsp3) is 0.375. The van der Waals surface area contributed by atoms with Gasteiger partial charge >= 0.3 is 0 Å². The lowest BCUT2D eigenvalue weighted by molar-refractivity contribution is 0.118. The first kappa shape index (κ1) is 23.5. The second-order valence-electron chi connectivity index (χ2n) is 8.64. The highest BCUT2D eigenvalue weighted by molar-refractivity contribution is 6.18. The van der Waals surface area contributed by atoms with Crippen LogP contribution in [0.4, 0.5) is 5.69 Å². The SMILES string of the molecule is Cl.O=c1c2c(N3CCC(CO)(CCl)CC3)cccc2cnn1CCc1cn2ccccc2n1. The van der Waals surface area contributed by atoms with Gasteiger partial charge in [0.1, 0.15) is 5.65 Å². The van der Waals surface area contributed by atoms with Crippen molar-refractivity contribution >= 4 is 46.1 Å². The Bertz CT molecular complexity index is 1270. The minimum absolute atomic E-state index is 0. The molecular weight excluding hydrogens is 461 g/mol. The number of hydrogen-bond donors (Lipinski definition) is 1. The van der Waals surface area contributed by atoms with E-state index in [1.165, 1.54) is 4.68 Å². The molecule has 0 spiro atoms. The maximum Gasteiger partial charge on any atom is 0.276 e. The van der Waals surface area contributed by atoms with Crippen molar-refractivity contribution in [3.05, 3.63) is 71.0 Å². The molecule has 0 radical (unpaired) electrons. The largest absolute Gasteiger partial charge is 0.396 e. The number of rotatable bonds is 6. The Morgan fingerprint density at radius 3 is 2.67 bits per heavy atom. The average molecular weight is 488 g/mol. The summed E-state index contributed by atoms with van der Waals surface area (Å²) >= 11 is 6.14. The van der Waals surface area contributed by atoms with Crippen LogP contribution in [0.1, 0.15) is 18.5 Å². The molecule has 0 aliphatic carbocycles. The van der Waals surface area contributed by atoms with Gasteiger partial charge in [0.25, 0.3) is 5.56 Å². The van der Waals surface area contributed by atoms with E-state index in [-0.39, 0.29) is 30.0 Å². The molecule has 9 heteroatoms. The fourth-order valence-electron chi connectivity index (χ4n) is 4.52. The van der Waals surface area contributed by atoms with Crippen molar-refractivity contribution < 1.29 is 5.11 Å². The molecule has 1 saturated heterocycles. The van der Waals surface area contributed by atoms with Crippen molar-refractivity contribution in [2.24, 2.45) is 5.41 Å². The summed E-state index contributed by atoms with van der Waals surface area (Å²) in [5.41, 5.74) is 2.44. The molecule has 1 aliphatic heterocycles. The second-order valence-corrected chi connectivity index (χ2v) is 8.91. The number of aliphatic hydroxyl groups excluding tert-OH is 1. The maximum absolute atomic E-state index is 13.4. The topological polar surface area (TPSA) is 75.7 Å². The number of hydrogen-bond acceptors (Lipinski definition) is 5. The lowest BCUT2D eigenvalue weighted by atomic mass is 9.81. The molecule has 5 rings (SSSR count). The van der Waals surface area contributed by atoms with E-state index < -0.39 is 0 Å². The maximum atomic E-state index is 13.4. The number of halogens is 2. The van der Waals surface area contributed by atoms with Crippen molar-refractivity contribution in [3.63, 3.8) is 0 Å². The van der Waals surface area contributed by atoms with Crippen LogP contribution < -0.4 is 10.5 Å². The fourth-order valence-corrected chi connectivity index (χ4v) is 4.87. The van der Waals surface area contributed by atoms with Gasteiger partial charge in [0.05, 0.1) is 29.5 Å². The Balaban J connectivity index is 0.00000259. The van der Waals surface area contributed by atoms with Crippen molar-refractivity contribution in [1.29, 1.82) is 0 Å². The number of alkyl halides is 1. The van der Waals surface area contributed by atoms with Crippen LogP contribution in [0.15, 0.2) is 59.8 Å². The van der Waals surface area contributed by atoms with Gasteiger partial charge in [-0.05, 0) is 31.0 Å². The number of piperidine rings is 1. The number of aromatic nitrogens is 4. The van der Waals surface area contributed by atoms with Crippen LogP contribution in [0.3, 0.4) is 0 Å². The Kier molecular flexibility index (Phi) is 6.93. The van der Waals surface area contributed by atoms with E-state index in [0.29, 0.717) is 24.2 Å². The minimum Gasteiger partial charge on any atom is -0.396 e. The van der Waals surface area contributed by atoms with Gasteiger partial charge < -0.3 is 14.4 Å². The molecule has 4 heterocycles. The normalized spacial score (nSPS) is 15.6. The van der Waals surface area contributed by atoms with Crippen LogP contribution in [0.5, 0.6) is 0 Å². The standard InChI is InChI=1S/C24H26ClN5O2.ClH/c25-16-24(17-31)8-12-28(13-9-24)20-5-3-4-18-14-26-30(23(32)22(18)20)11-7-19-15-29-10-2-1-6-21(29)27-19;/h1-6,10,14-15,31H,7-9,11-13,16-17H2;1H. The first-order valence-corrected chi connectivity index (χ1v) is 11.5. The molecule has 3 aromatic heterocycles. The Morgan fingerprint density at radius 1 is 1.12 bits per heavy atom. The summed E-state index contributed by atoms with van der Waals surface area (Å²) in [4.78, 5) is 20.3. The lowest BCUT2D eigenvalue weighted by Gasteiger charge is -2.40. The van der Waals surface area contributed by atoms with E-state index in [1.54, 1.807) is 6.20 Å². The molecule has 0 amide bonds. The van der Waals surface area contributed by atoms with E-state index in [2.05, 4.69) is 15.0 Å². The zero-order valence-electron chi connectivity index (χ0n) is 18.2. The molecule has 1 aliphatic rings. The number of fused-ring (bicyclic) bond motifs is 2. The van der Waals surface area contributed by atoms with Crippen LogP contribution in [-0.4, -0.2) is 49.8 Å². The van der Waals surface area contributed by atoms with E-state index in [1.807, 2.05) is 53.2 Å². The highest BCUT2D eigenvalue weighted by Crippen LogP contribution is 2.35. The summed E-state index contributed by atoms with van der Waals surface area (Å²) in [5.74, 6) is 0.451. The highest BCUT2D eigenvalue weighted by atomic mass is 35.5.